The van der Waals surface area contributed by atoms with E-state index in [0.717, 1.165) is 5.56 Å². The monoisotopic (exact) mass is 253 g/mol. The lowest BCUT2D eigenvalue weighted by molar-refractivity contribution is 0.00254. The molecule has 3 N–H and O–H groups in total. The summed E-state index contributed by atoms with van der Waals surface area (Å²) in [4.78, 5) is 11.2. The van der Waals surface area contributed by atoms with Gasteiger partial charge in [0, 0.05) is 13.1 Å². The molecule has 0 bridgehead atoms. The molecule has 0 aliphatic heterocycles. The van der Waals surface area contributed by atoms with Crippen LogP contribution >= 0.6 is 0 Å². The van der Waals surface area contributed by atoms with Gasteiger partial charge in [-0.1, -0.05) is 12.1 Å². The molecule has 5 heteroatoms. The maximum atomic E-state index is 11.2. The van der Waals surface area contributed by atoms with Gasteiger partial charge in [0.05, 0.1) is 24.9 Å². The first-order valence-electron chi connectivity index (χ1n) is 5.70. The number of aliphatic hydroxyl groups is 2. The molecule has 1 atom stereocenters. The highest BCUT2D eigenvalue weighted by atomic mass is 16.5. The highest BCUT2D eigenvalue weighted by Crippen LogP contribution is 2.06. The molecule has 0 heterocycles. The van der Waals surface area contributed by atoms with Crippen molar-refractivity contribution in [2.75, 3.05) is 20.3 Å². The number of rotatable bonds is 6. The summed E-state index contributed by atoms with van der Waals surface area (Å²) in [6.45, 7) is 2.11. The normalized spacial score (nSPS) is 14.0. The Kier molecular flexibility index (Phi) is 5.27. The molecule has 0 radical (unpaired) electrons. The van der Waals surface area contributed by atoms with Crippen molar-refractivity contribution < 1.29 is 19.7 Å². The minimum absolute atomic E-state index is 0.290. The van der Waals surface area contributed by atoms with Gasteiger partial charge in [0.15, 0.2) is 0 Å². The Hall–Kier alpha value is -1.43. The number of aliphatic hydroxyl groups excluding tert-OH is 1. The predicted octanol–water partition coefficient (Wildman–Crippen LogP) is 0.306. The molecule has 0 aliphatic carbocycles. The molecule has 0 aliphatic rings. The van der Waals surface area contributed by atoms with Crippen molar-refractivity contribution in [3.63, 3.8) is 0 Å². The number of carbonyl (C=O) groups excluding carboxylic acids is 1. The first-order valence-corrected chi connectivity index (χ1v) is 5.70. The van der Waals surface area contributed by atoms with Crippen molar-refractivity contribution in [1.82, 2.24) is 5.32 Å². The van der Waals surface area contributed by atoms with Crippen molar-refractivity contribution >= 4 is 5.97 Å². The minimum Gasteiger partial charge on any atom is -0.465 e. The quantitative estimate of drug-likeness (QED) is 0.636. The first kappa shape index (κ1) is 14.6. The van der Waals surface area contributed by atoms with E-state index in [1.165, 1.54) is 7.11 Å². The molecule has 18 heavy (non-hydrogen) atoms. The molecule has 1 aromatic rings. The maximum Gasteiger partial charge on any atom is 0.337 e. The summed E-state index contributed by atoms with van der Waals surface area (Å²) in [5.74, 6) is -0.363. The summed E-state index contributed by atoms with van der Waals surface area (Å²) in [5, 5.41) is 21.5. The van der Waals surface area contributed by atoms with E-state index >= 15 is 0 Å². The van der Waals surface area contributed by atoms with E-state index in [2.05, 4.69) is 10.1 Å². The number of ether oxygens (including phenoxy) is 1. The smallest absolute Gasteiger partial charge is 0.337 e. The zero-order valence-corrected chi connectivity index (χ0v) is 10.6. The van der Waals surface area contributed by atoms with Gasteiger partial charge in [-0.05, 0) is 24.6 Å². The van der Waals surface area contributed by atoms with Crippen molar-refractivity contribution in [3.05, 3.63) is 35.4 Å². The standard InChI is InChI=1S/C13H19NO4/c1-13(17,9-15)8-14-7-10-3-5-11(6-4-10)12(16)18-2/h3-6,14-15,17H,7-9H2,1-2H3. The predicted molar refractivity (Wildman–Crippen MR) is 67.2 cm³/mol. The van der Waals surface area contributed by atoms with E-state index in [1.807, 2.05) is 12.1 Å². The van der Waals surface area contributed by atoms with E-state index in [0.29, 0.717) is 18.7 Å². The van der Waals surface area contributed by atoms with E-state index in [4.69, 9.17) is 5.11 Å². The minimum atomic E-state index is -1.12. The van der Waals surface area contributed by atoms with Gasteiger partial charge in [0.1, 0.15) is 0 Å². The number of methoxy groups -OCH3 is 1. The lowest BCUT2D eigenvalue weighted by Crippen LogP contribution is -2.40. The number of hydrogen-bond acceptors (Lipinski definition) is 5. The van der Waals surface area contributed by atoms with Crippen LogP contribution in [-0.4, -0.2) is 42.0 Å². The highest BCUT2D eigenvalue weighted by Gasteiger charge is 2.17. The van der Waals surface area contributed by atoms with Crippen LogP contribution in [0.1, 0.15) is 22.8 Å². The van der Waals surface area contributed by atoms with Gasteiger partial charge in [-0.15, -0.1) is 0 Å². The lowest BCUT2D eigenvalue weighted by Gasteiger charge is -2.20. The van der Waals surface area contributed by atoms with Crippen LogP contribution < -0.4 is 5.32 Å². The molecule has 0 saturated heterocycles. The average Bonchev–Trinajstić information content (AvgIpc) is 2.38. The molecular weight excluding hydrogens is 234 g/mol. The van der Waals surface area contributed by atoms with Crippen molar-refractivity contribution in [2.45, 2.75) is 19.1 Å². The second-order valence-corrected chi connectivity index (χ2v) is 4.45. The second kappa shape index (κ2) is 6.49. The number of carbonyl (C=O) groups is 1. The third-order valence-electron chi connectivity index (χ3n) is 2.55. The first-order chi connectivity index (χ1) is 8.48. The fraction of sp³-hybridized carbons (Fsp3) is 0.462. The fourth-order valence-electron chi connectivity index (χ4n) is 1.41. The highest BCUT2D eigenvalue weighted by molar-refractivity contribution is 5.89. The Bertz CT molecular complexity index is 386. The Morgan fingerprint density at radius 1 is 1.39 bits per heavy atom. The fourth-order valence-corrected chi connectivity index (χ4v) is 1.41. The van der Waals surface area contributed by atoms with Gasteiger partial charge < -0.3 is 20.3 Å². The second-order valence-electron chi connectivity index (χ2n) is 4.45. The van der Waals surface area contributed by atoms with Crippen LogP contribution in [0.4, 0.5) is 0 Å². The van der Waals surface area contributed by atoms with E-state index in [1.54, 1.807) is 19.1 Å². The van der Waals surface area contributed by atoms with Gasteiger partial charge >= 0.3 is 5.97 Å². The van der Waals surface area contributed by atoms with Crippen LogP contribution in [0.3, 0.4) is 0 Å². The van der Waals surface area contributed by atoms with Crippen LogP contribution in [0.5, 0.6) is 0 Å². The lowest BCUT2D eigenvalue weighted by atomic mass is 10.1. The van der Waals surface area contributed by atoms with Gasteiger partial charge in [-0.2, -0.15) is 0 Å². The van der Waals surface area contributed by atoms with Gasteiger partial charge in [-0.25, -0.2) is 4.79 Å². The van der Waals surface area contributed by atoms with Crippen LogP contribution in [-0.2, 0) is 11.3 Å². The molecule has 1 rings (SSSR count). The third kappa shape index (κ3) is 4.44. The molecule has 5 nitrogen and oxygen atoms in total. The third-order valence-corrected chi connectivity index (χ3v) is 2.55. The zero-order valence-electron chi connectivity index (χ0n) is 10.6. The Balaban J connectivity index is 2.47. The summed E-state index contributed by atoms with van der Waals surface area (Å²) in [5.41, 5.74) is 0.367. The summed E-state index contributed by atoms with van der Waals surface area (Å²) in [7, 11) is 1.34. The molecular formula is C13H19NO4. The molecule has 0 fully saturated rings. The molecule has 0 spiro atoms. The van der Waals surface area contributed by atoms with Crippen LogP contribution in [0.2, 0.25) is 0 Å². The number of hydrogen-bond donors (Lipinski definition) is 3. The SMILES string of the molecule is COC(=O)c1ccc(CNCC(C)(O)CO)cc1. The molecule has 1 aromatic carbocycles. The number of benzene rings is 1. The average molecular weight is 253 g/mol. The summed E-state index contributed by atoms with van der Waals surface area (Å²) in [6, 6.07) is 7.00. The van der Waals surface area contributed by atoms with Crippen molar-refractivity contribution in [3.8, 4) is 0 Å². The van der Waals surface area contributed by atoms with Gasteiger partial charge in [0.2, 0.25) is 0 Å². The summed E-state index contributed by atoms with van der Waals surface area (Å²) < 4.78 is 4.60. The van der Waals surface area contributed by atoms with Gasteiger partial charge in [0.25, 0.3) is 0 Å². The number of esters is 1. The van der Waals surface area contributed by atoms with Crippen LogP contribution in [0.25, 0.3) is 0 Å². The van der Waals surface area contributed by atoms with Crippen LogP contribution in [0, 0.1) is 0 Å². The molecule has 0 saturated carbocycles. The Morgan fingerprint density at radius 2 is 2.00 bits per heavy atom. The molecule has 0 aromatic heterocycles. The maximum absolute atomic E-state index is 11.2. The molecule has 100 valence electrons. The van der Waals surface area contributed by atoms with Crippen LogP contribution in [0.15, 0.2) is 24.3 Å². The Morgan fingerprint density at radius 3 is 2.50 bits per heavy atom. The summed E-state index contributed by atoms with van der Waals surface area (Å²) >= 11 is 0. The largest absolute Gasteiger partial charge is 0.465 e. The Labute approximate surface area is 106 Å². The topological polar surface area (TPSA) is 78.8 Å². The zero-order chi connectivity index (χ0) is 13.6. The number of nitrogens with one attached hydrogen (secondary N) is 1. The van der Waals surface area contributed by atoms with E-state index < -0.39 is 5.60 Å². The van der Waals surface area contributed by atoms with Gasteiger partial charge in [-0.3, -0.25) is 0 Å². The van der Waals surface area contributed by atoms with Crippen molar-refractivity contribution in [1.29, 1.82) is 0 Å². The van der Waals surface area contributed by atoms with Crippen molar-refractivity contribution in [2.24, 2.45) is 0 Å². The van der Waals surface area contributed by atoms with E-state index in [-0.39, 0.29) is 12.6 Å². The molecule has 0 amide bonds. The molecule has 1 unspecified atom stereocenters. The van der Waals surface area contributed by atoms with E-state index in [9.17, 15) is 9.90 Å². The summed E-state index contributed by atoms with van der Waals surface area (Å²) in [6.07, 6.45) is 0.